The highest BCUT2D eigenvalue weighted by Crippen LogP contribution is 2.20. The molecule has 1 rings (SSSR count). The third kappa shape index (κ3) is 4.61. The van der Waals surface area contributed by atoms with Gasteiger partial charge in [0.2, 0.25) is 5.76 Å². The summed E-state index contributed by atoms with van der Waals surface area (Å²) in [6.45, 7) is 6.88. The lowest BCUT2D eigenvalue weighted by Gasteiger charge is -2.11. The summed E-state index contributed by atoms with van der Waals surface area (Å²) in [4.78, 5) is 10.6. The molecule has 4 heteroatoms. The SMILES string of the molecule is CC(C)CCCOC(C)c1ccc(C(=O)O)o1. The summed E-state index contributed by atoms with van der Waals surface area (Å²) in [6, 6.07) is 3.10. The zero-order valence-corrected chi connectivity index (χ0v) is 10.6. The number of hydrogen-bond acceptors (Lipinski definition) is 3. The van der Waals surface area contributed by atoms with Gasteiger partial charge in [-0.2, -0.15) is 0 Å². The highest BCUT2D eigenvalue weighted by atomic mass is 16.5. The Balaban J connectivity index is 2.36. The van der Waals surface area contributed by atoms with E-state index in [4.69, 9.17) is 14.3 Å². The molecule has 0 spiro atoms. The van der Waals surface area contributed by atoms with Gasteiger partial charge in [0.15, 0.2) is 0 Å². The molecule has 0 aromatic carbocycles. The van der Waals surface area contributed by atoms with Crippen LogP contribution in [-0.4, -0.2) is 17.7 Å². The third-order valence-electron chi connectivity index (χ3n) is 2.53. The molecule has 1 aromatic heterocycles. The second kappa shape index (κ2) is 6.45. The third-order valence-corrected chi connectivity index (χ3v) is 2.53. The van der Waals surface area contributed by atoms with Gasteiger partial charge in [0.1, 0.15) is 11.9 Å². The van der Waals surface area contributed by atoms with Crippen molar-refractivity contribution in [1.29, 1.82) is 0 Å². The molecule has 17 heavy (non-hydrogen) atoms. The van der Waals surface area contributed by atoms with Gasteiger partial charge in [-0.05, 0) is 37.8 Å². The summed E-state index contributed by atoms with van der Waals surface area (Å²) in [5, 5.41) is 8.72. The lowest BCUT2D eigenvalue weighted by atomic mass is 10.1. The van der Waals surface area contributed by atoms with E-state index in [2.05, 4.69) is 13.8 Å². The lowest BCUT2D eigenvalue weighted by molar-refractivity contribution is 0.0441. The van der Waals surface area contributed by atoms with E-state index < -0.39 is 5.97 Å². The number of hydrogen-bond donors (Lipinski definition) is 1. The van der Waals surface area contributed by atoms with E-state index in [1.54, 1.807) is 6.07 Å². The first kappa shape index (κ1) is 13.8. The van der Waals surface area contributed by atoms with Crippen LogP contribution in [0.2, 0.25) is 0 Å². The van der Waals surface area contributed by atoms with Gasteiger partial charge in [-0.15, -0.1) is 0 Å². The quantitative estimate of drug-likeness (QED) is 0.741. The maximum absolute atomic E-state index is 10.6. The fraction of sp³-hybridized carbons (Fsp3) is 0.615. The van der Waals surface area contributed by atoms with E-state index in [-0.39, 0.29) is 11.9 Å². The molecule has 1 heterocycles. The fourth-order valence-corrected chi connectivity index (χ4v) is 1.52. The molecule has 1 aromatic rings. The van der Waals surface area contributed by atoms with E-state index in [9.17, 15) is 4.79 Å². The largest absolute Gasteiger partial charge is 0.475 e. The van der Waals surface area contributed by atoms with Crippen LogP contribution < -0.4 is 0 Å². The Hall–Kier alpha value is -1.29. The van der Waals surface area contributed by atoms with Crippen LogP contribution in [0, 0.1) is 5.92 Å². The lowest BCUT2D eigenvalue weighted by Crippen LogP contribution is -2.02. The van der Waals surface area contributed by atoms with Crippen molar-refractivity contribution in [2.24, 2.45) is 5.92 Å². The standard InChI is InChI=1S/C13H20O4/c1-9(2)5-4-8-16-10(3)11-6-7-12(17-11)13(14)15/h6-7,9-10H,4-5,8H2,1-3H3,(H,14,15). The molecule has 0 saturated carbocycles. The van der Waals surface area contributed by atoms with Crippen LogP contribution in [0.3, 0.4) is 0 Å². The topological polar surface area (TPSA) is 59.7 Å². The van der Waals surface area contributed by atoms with Gasteiger partial charge in [-0.25, -0.2) is 4.79 Å². The van der Waals surface area contributed by atoms with Gasteiger partial charge < -0.3 is 14.3 Å². The Bertz CT molecular complexity index is 354. The Morgan fingerprint density at radius 1 is 1.41 bits per heavy atom. The summed E-state index contributed by atoms with van der Waals surface area (Å²) in [5.74, 6) is 0.143. The van der Waals surface area contributed by atoms with Gasteiger partial charge in [-0.1, -0.05) is 13.8 Å². The minimum atomic E-state index is -1.05. The van der Waals surface area contributed by atoms with Crippen molar-refractivity contribution in [1.82, 2.24) is 0 Å². The monoisotopic (exact) mass is 240 g/mol. The molecule has 0 radical (unpaired) electrons. The minimum Gasteiger partial charge on any atom is -0.475 e. The summed E-state index contributed by atoms with van der Waals surface area (Å²) >= 11 is 0. The van der Waals surface area contributed by atoms with Crippen LogP contribution in [0.15, 0.2) is 16.5 Å². The molecule has 4 nitrogen and oxygen atoms in total. The van der Waals surface area contributed by atoms with Crippen molar-refractivity contribution in [3.8, 4) is 0 Å². The van der Waals surface area contributed by atoms with Gasteiger partial charge in [-0.3, -0.25) is 0 Å². The van der Waals surface area contributed by atoms with Gasteiger partial charge in [0.25, 0.3) is 0 Å². The van der Waals surface area contributed by atoms with Crippen LogP contribution in [0.5, 0.6) is 0 Å². The van der Waals surface area contributed by atoms with Crippen molar-refractivity contribution in [3.63, 3.8) is 0 Å². The van der Waals surface area contributed by atoms with Crippen LogP contribution >= 0.6 is 0 Å². The summed E-state index contributed by atoms with van der Waals surface area (Å²) in [7, 11) is 0. The predicted octanol–water partition coefficient (Wildman–Crippen LogP) is 3.49. The molecule has 0 amide bonds. The van der Waals surface area contributed by atoms with E-state index in [0.717, 1.165) is 12.8 Å². The van der Waals surface area contributed by atoms with Gasteiger partial charge in [0, 0.05) is 6.61 Å². The number of carboxylic acids is 1. The van der Waals surface area contributed by atoms with Crippen molar-refractivity contribution in [3.05, 3.63) is 23.7 Å². The first-order valence-electron chi connectivity index (χ1n) is 5.95. The molecule has 1 unspecified atom stereocenters. The first-order valence-corrected chi connectivity index (χ1v) is 5.95. The Morgan fingerprint density at radius 2 is 2.12 bits per heavy atom. The van der Waals surface area contributed by atoms with E-state index in [1.165, 1.54) is 6.07 Å². The average molecular weight is 240 g/mol. The van der Waals surface area contributed by atoms with E-state index in [0.29, 0.717) is 18.3 Å². The second-order valence-corrected chi connectivity index (χ2v) is 4.56. The zero-order chi connectivity index (χ0) is 12.8. The molecule has 0 aliphatic carbocycles. The number of ether oxygens (including phenoxy) is 1. The summed E-state index contributed by atoms with van der Waals surface area (Å²) in [5.41, 5.74) is 0. The van der Waals surface area contributed by atoms with Crippen LogP contribution in [0.25, 0.3) is 0 Å². The van der Waals surface area contributed by atoms with E-state index in [1.807, 2.05) is 6.92 Å². The Kier molecular flexibility index (Phi) is 5.22. The van der Waals surface area contributed by atoms with Crippen molar-refractivity contribution >= 4 is 5.97 Å². The van der Waals surface area contributed by atoms with Crippen molar-refractivity contribution in [2.45, 2.75) is 39.7 Å². The normalized spacial score (nSPS) is 12.9. The predicted molar refractivity (Wildman–Crippen MR) is 64.1 cm³/mol. The minimum absolute atomic E-state index is 0.0439. The zero-order valence-electron chi connectivity index (χ0n) is 10.6. The summed E-state index contributed by atoms with van der Waals surface area (Å²) < 4.78 is 10.7. The highest BCUT2D eigenvalue weighted by molar-refractivity contribution is 5.84. The number of furan rings is 1. The molecule has 0 aliphatic heterocycles. The summed E-state index contributed by atoms with van der Waals surface area (Å²) in [6.07, 6.45) is 1.94. The molecule has 96 valence electrons. The van der Waals surface area contributed by atoms with Crippen LogP contribution in [0.1, 0.15) is 56.0 Å². The molecule has 0 aliphatic rings. The smallest absolute Gasteiger partial charge is 0.371 e. The molecule has 0 bridgehead atoms. The number of carboxylic acid groups (broad SMARTS) is 1. The van der Waals surface area contributed by atoms with E-state index >= 15 is 0 Å². The number of rotatable bonds is 7. The molecular weight excluding hydrogens is 220 g/mol. The highest BCUT2D eigenvalue weighted by Gasteiger charge is 2.14. The molecule has 0 saturated heterocycles. The Morgan fingerprint density at radius 3 is 2.65 bits per heavy atom. The van der Waals surface area contributed by atoms with Crippen molar-refractivity contribution < 1.29 is 19.1 Å². The van der Waals surface area contributed by atoms with Crippen LogP contribution in [-0.2, 0) is 4.74 Å². The Labute approximate surface area is 102 Å². The number of carbonyl (C=O) groups is 1. The maximum Gasteiger partial charge on any atom is 0.371 e. The number of aromatic carboxylic acids is 1. The van der Waals surface area contributed by atoms with Crippen molar-refractivity contribution in [2.75, 3.05) is 6.61 Å². The van der Waals surface area contributed by atoms with Gasteiger partial charge >= 0.3 is 5.97 Å². The molecule has 1 N–H and O–H groups in total. The first-order chi connectivity index (χ1) is 8.00. The second-order valence-electron chi connectivity index (χ2n) is 4.56. The molecule has 1 atom stereocenters. The molecular formula is C13H20O4. The van der Waals surface area contributed by atoms with Crippen LogP contribution in [0.4, 0.5) is 0 Å². The molecule has 0 fully saturated rings. The fourth-order valence-electron chi connectivity index (χ4n) is 1.52. The van der Waals surface area contributed by atoms with Gasteiger partial charge in [0.05, 0.1) is 0 Å². The maximum atomic E-state index is 10.6. The average Bonchev–Trinajstić information content (AvgIpc) is 2.73.